The third-order valence-corrected chi connectivity index (χ3v) is 13.5. The van der Waals surface area contributed by atoms with Gasteiger partial charge in [0.1, 0.15) is 12.4 Å². The van der Waals surface area contributed by atoms with E-state index in [0.717, 1.165) is 28.1 Å². The quantitative estimate of drug-likeness (QED) is 0.282. The lowest BCUT2D eigenvalue weighted by molar-refractivity contribution is 0.145. The zero-order valence-electron chi connectivity index (χ0n) is 22.8. The van der Waals surface area contributed by atoms with Crippen molar-refractivity contribution in [3.05, 3.63) is 108 Å². The number of rotatable bonds is 8. The Morgan fingerprint density at radius 2 is 1.32 bits per heavy atom. The van der Waals surface area contributed by atoms with Crippen molar-refractivity contribution in [3.8, 4) is 0 Å². The normalized spacial score (nSPS) is 15.5. The molecule has 3 aromatic carbocycles. The summed E-state index contributed by atoms with van der Waals surface area (Å²) in [6, 6.07) is 27.6. The Labute approximate surface area is 223 Å². The van der Waals surface area contributed by atoms with Crippen LogP contribution in [0, 0.1) is 0 Å². The van der Waals surface area contributed by atoms with E-state index in [1.54, 1.807) is 4.90 Å². The highest BCUT2D eigenvalue weighted by molar-refractivity contribution is 6.78. The molecular weight excluding hydrogens is 474 g/mol. The minimum absolute atomic E-state index is 0.219. The van der Waals surface area contributed by atoms with Gasteiger partial charge in [-0.3, -0.25) is 4.90 Å². The van der Waals surface area contributed by atoms with E-state index in [4.69, 9.17) is 9.16 Å². The van der Waals surface area contributed by atoms with Gasteiger partial charge in [0.05, 0.1) is 11.7 Å². The number of benzene rings is 3. The molecule has 0 aliphatic carbocycles. The number of carbonyl (C=O) groups is 1. The van der Waals surface area contributed by atoms with Gasteiger partial charge < -0.3 is 9.16 Å². The van der Waals surface area contributed by atoms with E-state index in [2.05, 4.69) is 65.8 Å². The number of hydrogen-bond acceptors (Lipinski definition) is 3. The number of amides is 1. The van der Waals surface area contributed by atoms with Crippen LogP contribution in [0.1, 0.15) is 64.3 Å². The molecule has 0 bridgehead atoms. The average Bonchev–Trinajstić information content (AvgIpc) is 2.90. The van der Waals surface area contributed by atoms with E-state index < -0.39 is 8.32 Å². The molecule has 0 saturated heterocycles. The summed E-state index contributed by atoms with van der Waals surface area (Å²) in [6.07, 6.45) is 1.75. The molecule has 1 unspecified atom stereocenters. The average molecular weight is 514 g/mol. The molecule has 1 heterocycles. The van der Waals surface area contributed by atoms with E-state index >= 15 is 0 Å². The first-order valence-electron chi connectivity index (χ1n) is 13.3. The molecule has 1 aliphatic rings. The topological polar surface area (TPSA) is 38.8 Å². The highest BCUT2D eigenvalue weighted by Crippen LogP contribution is 2.48. The van der Waals surface area contributed by atoms with Gasteiger partial charge in [0.15, 0.2) is 0 Å². The van der Waals surface area contributed by atoms with Gasteiger partial charge in [-0.15, -0.1) is 0 Å². The Morgan fingerprint density at radius 1 is 0.784 bits per heavy atom. The van der Waals surface area contributed by atoms with Crippen LogP contribution in [0.15, 0.2) is 91.0 Å². The van der Waals surface area contributed by atoms with Crippen LogP contribution in [0.4, 0.5) is 10.5 Å². The molecule has 0 fully saturated rings. The molecule has 4 nitrogen and oxygen atoms in total. The highest BCUT2D eigenvalue weighted by Gasteiger charge is 2.48. The van der Waals surface area contributed by atoms with Crippen molar-refractivity contribution in [3.63, 3.8) is 0 Å². The molecule has 37 heavy (non-hydrogen) atoms. The van der Waals surface area contributed by atoms with Crippen LogP contribution in [0.3, 0.4) is 0 Å². The third kappa shape index (κ3) is 5.37. The SMILES string of the molecule is CC(C)[Si](OC1=CC(c2ccccc2)N(C(=O)OCc2ccccc2)c2ccccc21)(C(C)C)C(C)C. The Morgan fingerprint density at radius 3 is 1.92 bits per heavy atom. The van der Waals surface area contributed by atoms with Gasteiger partial charge in [-0.1, -0.05) is 114 Å². The molecule has 0 N–H and O–H groups in total. The molecule has 0 aromatic heterocycles. The van der Waals surface area contributed by atoms with Gasteiger partial charge in [0.2, 0.25) is 0 Å². The molecule has 3 aromatic rings. The zero-order chi connectivity index (χ0) is 26.6. The van der Waals surface area contributed by atoms with Gasteiger partial charge >= 0.3 is 6.09 Å². The molecule has 1 aliphatic heterocycles. The van der Waals surface area contributed by atoms with E-state index in [1.165, 1.54) is 0 Å². The van der Waals surface area contributed by atoms with Crippen LogP contribution < -0.4 is 4.90 Å². The molecular formula is C32H39NO3Si. The second kappa shape index (κ2) is 11.4. The lowest BCUT2D eigenvalue weighted by Crippen LogP contribution is -2.48. The number of para-hydroxylation sites is 1. The van der Waals surface area contributed by atoms with Crippen LogP contribution in [-0.2, 0) is 15.8 Å². The maximum absolute atomic E-state index is 13.7. The summed E-state index contributed by atoms with van der Waals surface area (Å²) in [6.45, 7) is 14.0. The Balaban J connectivity index is 1.79. The third-order valence-electron chi connectivity index (χ3n) is 7.55. The minimum Gasteiger partial charge on any atom is -0.542 e. The first-order valence-corrected chi connectivity index (χ1v) is 15.4. The molecule has 5 heteroatoms. The second-order valence-electron chi connectivity index (χ2n) is 10.7. The molecule has 1 atom stereocenters. The Bertz CT molecular complexity index is 1200. The van der Waals surface area contributed by atoms with Crippen LogP contribution >= 0.6 is 0 Å². The second-order valence-corrected chi connectivity index (χ2v) is 16.1. The lowest BCUT2D eigenvalue weighted by atomic mass is 9.96. The van der Waals surface area contributed by atoms with Gasteiger partial charge in [-0.2, -0.15) is 0 Å². The van der Waals surface area contributed by atoms with Crippen molar-refractivity contribution in [2.24, 2.45) is 0 Å². The van der Waals surface area contributed by atoms with E-state index in [-0.39, 0.29) is 18.7 Å². The summed E-state index contributed by atoms with van der Waals surface area (Å²) in [4.78, 5) is 15.4. The maximum Gasteiger partial charge on any atom is 0.415 e. The first-order chi connectivity index (χ1) is 17.8. The lowest BCUT2D eigenvalue weighted by Gasteiger charge is -2.45. The van der Waals surface area contributed by atoms with E-state index in [1.807, 2.05) is 66.7 Å². The molecule has 4 rings (SSSR count). The van der Waals surface area contributed by atoms with Gasteiger partial charge in [-0.25, -0.2) is 4.79 Å². The largest absolute Gasteiger partial charge is 0.542 e. The van der Waals surface area contributed by atoms with Crippen molar-refractivity contribution in [1.29, 1.82) is 0 Å². The minimum atomic E-state index is -2.23. The van der Waals surface area contributed by atoms with Crippen molar-refractivity contribution < 1.29 is 14.0 Å². The molecule has 0 radical (unpaired) electrons. The van der Waals surface area contributed by atoms with E-state index in [9.17, 15) is 4.79 Å². The van der Waals surface area contributed by atoms with Crippen LogP contribution in [0.2, 0.25) is 16.6 Å². The standard InChI is InChI=1S/C32H39NO3Si/c1-23(2)37(24(3)4,25(5)6)36-31-21-30(27-17-11-8-12-18-27)33(29-20-14-13-19-28(29)31)32(34)35-22-26-15-9-7-10-16-26/h7-21,23-25,30H,22H2,1-6H3. The van der Waals surface area contributed by atoms with Crippen molar-refractivity contribution >= 4 is 25.9 Å². The fourth-order valence-electron chi connectivity index (χ4n) is 5.88. The van der Waals surface area contributed by atoms with Crippen LogP contribution in [-0.4, -0.2) is 14.4 Å². The number of anilines is 1. The molecule has 0 spiro atoms. The van der Waals surface area contributed by atoms with Gasteiger partial charge in [0.25, 0.3) is 8.32 Å². The first kappa shape index (κ1) is 26.7. The van der Waals surface area contributed by atoms with E-state index in [0.29, 0.717) is 16.6 Å². The summed E-state index contributed by atoms with van der Waals surface area (Å²) in [7, 11) is -2.23. The zero-order valence-corrected chi connectivity index (χ0v) is 23.8. The molecule has 1 amide bonds. The van der Waals surface area contributed by atoms with Crippen LogP contribution in [0.5, 0.6) is 0 Å². The predicted molar refractivity (Wildman–Crippen MR) is 155 cm³/mol. The Kier molecular flexibility index (Phi) is 8.23. The van der Waals surface area contributed by atoms with Gasteiger partial charge in [-0.05, 0) is 46.0 Å². The van der Waals surface area contributed by atoms with Crippen molar-refractivity contribution in [2.45, 2.75) is 70.8 Å². The molecule has 0 saturated carbocycles. The number of nitrogens with zero attached hydrogens (tertiary/aromatic N) is 1. The number of hydrogen-bond donors (Lipinski definition) is 0. The maximum atomic E-state index is 13.7. The highest BCUT2D eigenvalue weighted by atomic mass is 28.4. The van der Waals surface area contributed by atoms with Crippen molar-refractivity contribution in [1.82, 2.24) is 0 Å². The number of carbonyl (C=O) groups excluding carboxylic acids is 1. The van der Waals surface area contributed by atoms with Gasteiger partial charge in [0, 0.05) is 5.56 Å². The predicted octanol–water partition coefficient (Wildman–Crippen LogP) is 9.12. The number of ether oxygens (including phenoxy) is 1. The monoisotopic (exact) mass is 513 g/mol. The van der Waals surface area contributed by atoms with Crippen molar-refractivity contribution in [2.75, 3.05) is 4.90 Å². The molecule has 194 valence electrons. The summed E-state index contributed by atoms with van der Waals surface area (Å²) < 4.78 is 13.1. The van der Waals surface area contributed by atoms with Crippen LogP contribution in [0.25, 0.3) is 5.76 Å². The summed E-state index contributed by atoms with van der Waals surface area (Å²) >= 11 is 0. The Hall–Kier alpha value is -3.31. The fraction of sp³-hybridized carbons (Fsp3) is 0.344. The summed E-state index contributed by atoms with van der Waals surface area (Å²) in [5, 5.41) is 0. The summed E-state index contributed by atoms with van der Waals surface area (Å²) in [5.74, 6) is 0.874. The number of fused-ring (bicyclic) bond motifs is 1. The smallest absolute Gasteiger partial charge is 0.415 e. The summed E-state index contributed by atoms with van der Waals surface area (Å²) in [5.41, 5.74) is 5.02. The fourth-order valence-corrected chi connectivity index (χ4v) is 11.1.